The van der Waals surface area contributed by atoms with Crippen molar-refractivity contribution in [2.45, 2.75) is 0 Å². The molecular formula is C15H11NO3S. The average Bonchev–Trinajstić information content (AvgIpc) is 3.10. The number of cyclic esters (lactones) is 1. The van der Waals surface area contributed by atoms with Crippen LogP contribution in [0.4, 0.5) is 0 Å². The van der Waals surface area contributed by atoms with Gasteiger partial charge in [0.2, 0.25) is 5.90 Å². The minimum Gasteiger partial charge on any atom is -0.496 e. The lowest BCUT2D eigenvalue weighted by atomic mass is 10.2. The van der Waals surface area contributed by atoms with Crippen molar-refractivity contribution < 1.29 is 14.3 Å². The molecule has 3 rings (SSSR count). The molecule has 5 heteroatoms. The second kappa shape index (κ2) is 5.30. The van der Waals surface area contributed by atoms with E-state index in [9.17, 15) is 4.79 Å². The molecule has 0 fully saturated rings. The molecule has 0 unspecified atom stereocenters. The van der Waals surface area contributed by atoms with Crippen molar-refractivity contribution in [1.82, 2.24) is 0 Å². The van der Waals surface area contributed by atoms with Crippen molar-refractivity contribution >= 4 is 29.3 Å². The Balaban J connectivity index is 1.98. The predicted octanol–water partition coefficient (Wildman–Crippen LogP) is 3.10. The minimum atomic E-state index is -0.445. The summed E-state index contributed by atoms with van der Waals surface area (Å²) in [5.41, 5.74) is 0.964. The number of carbonyl (C=O) groups is 1. The van der Waals surface area contributed by atoms with Crippen LogP contribution in [0, 0.1) is 0 Å². The molecule has 1 aromatic carbocycles. The van der Waals surface area contributed by atoms with Gasteiger partial charge in [-0.25, -0.2) is 9.79 Å². The number of hydrogen-bond acceptors (Lipinski definition) is 5. The van der Waals surface area contributed by atoms with E-state index >= 15 is 0 Å². The first-order valence-electron chi connectivity index (χ1n) is 5.97. The number of aliphatic imine (C=N–C) groups is 1. The zero-order chi connectivity index (χ0) is 13.9. The maximum absolute atomic E-state index is 11.8. The molecule has 2 heterocycles. The summed E-state index contributed by atoms with van der Waals surface area (Å²) in [5.74, 6) is 0.450. The summed E-state index contributed by atoms with van der Waals surface area (Å²) in [6.07, 6.45) is 1.72. The Morgan fingerprint density at radius 3 is 2.85 bits per heavy atom. The lowest BCUT2D eigenvalue weighted by Crippen LogP contribution is -2.06. The van der Waals surface area contributed by atoms with Crippen LogP contribution in [0.5, 0.6) is 5.75 Å². The number of methoxy groups -OCH3 is 1. The van der Waals surface area contributed by atoms with Crippen LogP contribution < -0.4 is 4.74 Å². The van der Waals surface area contributed by atoms with E-state index in [4.69, 9.17) is 9.47 Å². The fourth-order valence-electron chi connectivity index (χ4n) is 1.85. The summed E-state index contributed by atoms with van der Waals surface area (Å²) >= 11 is 1.54. The van der Waals surface area contributed by atoms with Gasteiger partial charge in [0.1, 0.15) is 5.75 Å². The topological polar surface area (TPSA) is 47.9 Å². The number of esters is 1. The van der Waals surface area contributed by atoms with E-state index in [2.05, 4.69) is 4.99 Å². The summed E-state index contributed by atoms with van der Waals surface area (Å²) < 4.78 is 10.5. The van der Waals surface area contributed by atoms with E-state index < -0.39 is 5.97 Å². The lowest BCUT2D eigenvalue weighted by molar-refractivity contribution is -0.129. The first-order chi connectivity index (χ1) is 9.78. The Bertz CT molecular complexity index is 702. The van der Waals surface area contributed by atoms with E-state index in [-0.39, 0.29) is 5.90 Å². The number of nitrogens with zero attached hydrogens (tertiary/aromatic N) is 1. The largest absolute Gasteiger partial charge is 0.496 e. The van der Waals surface area contributed by atoms with Crippen LogP contribution in [0.2, 0.25) is 0 Å². The van der Waals surface area contributed by atoms with Crippen molar-refractivity contribution in [3.05, 3.63) is 57.9 Å². The van der Waals surface area contributed by atoms with E-state index in [0.717, 1.165) is 4.88 Å². The maximum atomic E-state index is 11.8. The van der Waals surface area contributed by atoms with E-state index in [1.54, 1.807) is 25.3 Å². The van der Waals surface area contributed by atoms with Crippen molar-refractivity contribution in [3.8, 4) is 5.75 Å². The van der Waals surface area contributed by atoms with Crippen LogP contribution >= 0.6 is 11.3 Å². The molecule has 2 aromatic rings. The second-order valence-corrected chi connectivity index (χ2v) is 5.03. The Morgan fingerprint density at radius 2 is 2.10 bits per heavy atom. The third kappa shape index (κ3) is 2.35. The molecule has 1 aliphatic heterocycles. The Morgan fingerprint density at radius 1 is 1.25 bits per heavy atom. The molecule has 4 nitrogen and oxygen atoms in total. The van der Waals surface area contributed by atoms with Crippen LogP contribution in [-0.4, -0.2) is 19.0 Å². The number of benzene rings is 1. The van der Waals surface area contributed by atoms with Gasteiger partial charge in [0.05, 0.1) is 12.7 Å². The summed E-state index contributed by atoms with van der Waals surface area (Å²) in [6, 6.07) is 11.1. The fourth-order valence-corrected chi connectivity index (χ4v) is 2.50. The standard InChI is InChI=1S/C15H11NO3S/c1-18-13-7-3-2-6-11(13)14-16-12(15(17)19-14)9-10-5-4-8-20-10/h2-9H,1H3/b12-9-. The zero-order valence-corrected chi connectivity index (χ0v) is 11.5. The highest BCUT2D eigenvalue weighted by molar-refractivity contribution is 7.10. The summed E-state index contributed by atoms with van der Waals surface area (Å²) in [7, 11) is 1.57. The molecule has 100 valence electrons. The number of para-hydroxylation sites is 1. The van der Waals surface area contributed by atoms with Gasteiger partial charge in [-0.1, -0.05) is 18.2 Å². The van der Waals surface area contributed by atoms with Gasteiger partial charge < -0.3 is 9.47 Å². The first kappa shape index (κ1) is 12.6. The average molecular weight is 285 g/mol. The van der Waals surface area contributed by atoms with Gasteiger partial charge in [-0.15, -0.1) is 11.3 Å². The highest BCUT2D eigenvalue weighted by Gasteiger charge is 2.26. The van der Waals surface area contributed by atoms with Crippen LogP contribution in [0.1, 0.15) is 10.4 Å². The van der Waals surface area contributed by atoms with Gasteiger partial charge in [0.25, 0.3) is 0 Å². The molecular weight excluding hydrogens is 274 g/mol. The van der Waals surface area contributed by atoms with E-state index in [0.29, 0.717) is 17.0 Å². The van der Waals surface area contributed by atoms with Crippen molar-refractivity contribution in [2.24, 2.45) is 4.99 Å². The molecule has 0 saturated heterocycles. The molecule has 0 spiro atoms. The Kier molecular flexibility index (Phi) is 3.35. The van der Waals surface area contributed by atoms with Crippen LogP contribution in [0.15, 0.2) is 52.5 Å². The minimum absolute atomic E-state index is 0.273. The number of hydrogen-bond donors (Lipinski definition) is 0. The third-order valence-corrected chi connectivity index (χ3v) is 3.60. The molecule has 1 aromatic heterocycles. The fraction of sp³-hybridized carbons (Fsp3) is 0.0667. The molecule has 0 N–H and O–H groups in total. The molecule has 0 radical (unpaired) electrons. The van der Waals surface area contributed by atoms with Gasteiger partial charge in [0, 0.05) is 4.88 Å². The predicted molar refractivity (Wildman–Crippen MR) is 77.9 cm³/mol. The van der Waals surface area contributed by atoms with Crippen molar-refractivity contribution in [1.29, 1.82) is 0 Å². The smallest absolute Gasteiger partial charge is 0.363 e. The van der Waals surface area contributed by atoms with E-state index in [1.165, 1.54) is 11.3 Å². The number of carbonyl (C=O) groups excluding carboxylic acids is 1. The molecule has 0 amide bonds. The van der Waals surface area contributed by atoms with Crippen LogP contribution in [0.25, 0.3) is 6.08 Å². The maximum Gasteiger partial charge on any atom is 0.363 e. The first-order valence-corrected chi connectivity index (χ1v) is 6.85. The monoisotopic (exact) mass is 285 g/mol. The van der Waals surface area contributed by atoms with E-state index in [1.807, 2.05) is 29.6 Å². The van der Waals surface area contributed by atoms with Gasteiger partial charge in [-0.05, 0) is 29.7 Å². The Labute approximate surface area is 120 Å². The van der Waals surface area contributed by atoms with Gasteiger partial charge >= 0.3 is 5.97 Å². The molecule has 0 saturated carbocycles. The number of ether oxygens (including phenoxy) is 2. The molecule has 0 atom stereocenters. The van der Waals surface area contributed by atoms with Gasteiger partial charge in [0.15, 0.2) is 5.70 Å². The molecule has 1 aliphatic rings. The zero-order valence-electron chi connectivity index (χ0n) is 10.7. The van der Waals surface area contributed by atoms with Crippen LogP contribution in [-0.2, 0) is 9.53 Å². The SMILES string of the molecule is COc1ccccc1C1=N/C(=C\c2cccs2)C(=O)O1. The highest BCUT2D eigenvalue weighted by atomic mass is 32.1. The molecule has 0 bridgehead atoms. The number of rotatable bonds is 3. The summed E-state index contributed by atoms with van der Waals surface area (Å²) in [5, 5.41) is 1.94. The van der Waals surface area contributed by atoms with Crippen molar-refractivity contribution in [2.75, 3.05) is 7.11 Å². The lowest BCUT2D eigenvalue weighted by Gasteiger charge is -2.05. The third-order valence-electron chi connectivity index (χ3n) is 2.78. The van der Waals surface area contributed by atoms with Crippen molar-refractivity contribution in [3.63, 3.8) is 0 Å². The molecule has 0 aliphatic carbocycles. The summed E-state index contributed by atoms with van der Waals surface area (Å²) in [6.45, 7) is 0. The van der Waals surface area contributed by atoms with Gasteiger partial charge in [-0.3, -0.25) is 0 Å². The molecule has 20 heavy (non-hydrogen) atoms. The Hall–Kier alpha value is -2.40. The van der Waals surface area contributed by atoms with Gasteiger partial charge in [-0.2, -0.15) is 0 Å². The summed E-state index contributed by atoms with van der Waals surface area (Å²) in [4.78, 5) is 17.1. The quantitative estimate of drug-likeness (QED) is 0.643. The highest BCUT2D eigenvalue weighted by Crippen LogP contribution is 2.25. The normalized spacial score (nSPS) is 16.1. The number of thiophene rings is 1. The van der Waals surface area contributed by atoms with Crippen LogP contribution in [0.3, 0.4) is 0 Å². The second-order valence-electron chi connectivity index (χ2n) is 4.05.